The Morgan fingerprint density at radius 3 is 1.29 bits per heavy atom. The molecule has 8 fully saturated rings. The molecule has 0 spiro atoms. The third-order valence-electron chi connectivity index (χ3n) is 10.5. The molecule has 11 heteroatoms. The van der Waals surface area contributed by atoms with Crippen molar-refractivity contribution in [2.24, 2.45) is 28.1 Å². The first-order chi connectivity index (χ1) is 18.6. The summed E-state index contributed by atoms with van der Waals surface area (Å²) in [6, 6.07) is 0. The average Bonchev–Trinajstić information content (AvgIpc) is 2.76. The number of hydrogen-bond donors (Lipinski definition) is 4. The van der Waals surface area contributed by atoms with Crippen molar-refractivity contribution in [1.29, 1.82) is 0 Å². The van der Waals surface area contributed by atoms with E-state index in [2.05, 4.69) is 0 Å². The molecule has 8 rings (SSSR count). The van der Waals surface area contributed by atoms with Crippen LogP contribution in [0.4, 0.5) is 13.2 Å². The molecule has 0 aromatic heterocycles. The third kappa shape index (κ3) is 6.15. The van der Waals surface area contributed by atoms with E-state index in [0.29, 0.717) is 64.2 Å². The zero-order valence-electron chi connectivity index (χ0n) is 24.3. The van der Waals surface area contributed by atoms with Gasteiger partial charge in [-0.1, -0.05) is 0 Å². The minimum Gasteiger partial charge on any atom is -0.465 e. The van der Waals surface area contributed by atoms with Gasteiger partial charge in [0.15, 0.2) is 0 Å². The number of rotatable bonds is 7. The van der Waals surface area contributed by atoms with Gasteiger partial charge in [0.25, 0.3) is 0 Å². The van der Waals surface area contributed by atoms with E-state index in [9.17, 15) is 43.2 Å². The van der Waals surface area contributed by atoms with E-state index in [0.717, 1.165) is 25.7 Å². The number of esters is 2. The highest BCUT2D eigenvalue weighted by Crippen LogP contribution is 2.64. The summed E-state index contributed by atoms with van der Waals surface area (Å²) >= 11 is 0. The van der Waals surface area contributed by atoms with E-state index in [4.69, 9.17) is 9.47 Å². The molecule has 0 aromatic carbocycles. The lowest BCUT2D eigenvalue weighted by molar-refractivity contribution is -0.242. The summed E-state index contributed by atoms with van der Waals surface area (Å²) < 4.78 is 48.7. The smallest absolute Gasteiger partial charge is 0.376 e. The summed E-state index contributed by atoms with van der Waals surface area (Å²) in [6.07, 6.45) is 7.12. The monoisotopic (exact) mass is 590 g/mol. The molecule has 0 amide bonds. The fraction of sp³-hybridized carbons (Fsp3) is 0.933. The molecule has 8 aliphatic carbocycles. The fourth-order valence-electron chi connectivity index (χ4n) is 10.2. The van der Waals surface area contributed by atoms with Crippen LogP contribution in [0.15, 0.2) is 0 Å². The molecule has 0 heterocycles. The van der Waals surface area contributed by atoms with Crippen molar-refractivity contribution in [2.45, 2.75) is 126 Å². The Balaban J connectivity index is 0.000000165. The highest BCUT2D eigenvalue weighted by atomic mass is 19.3. The summed E-state index contributed by atoms with van der Waals surface area (Å²) in [7, 11) is 0. The van der Waals surface area contributed by atoms with Crippen molar-refractivity contribution < 1.29 is 52.7 Å². The van der Waals surface area contributed by atoms with Crippen LogP contribution in [0.2, 0.25) is 0 Å². The maximum Gasteiger partial charge on any atom is 0.376 e. The molecule has 4 N–H and O–H groups in total. The molecule has 8 saturated carbocycles. The number of halogens is 3. The molecule has 8 bridgehead atoms. The molecule has 0 radical (unpaired) electrons. The van der Waals surface area contributed by atoms with Crippen LogP contribution in [0, 0.1) is 28.1 Å². The van der Waals surface area contributed by atoms with Crippen molar-refractivity contribution in [3.05, 3.63) is 0 Å². The molecule has 8 nitrogen and oxygen atoms in total. The first-order valence-corrected chi connectivity index (χ1v) is 14.8. The Morgan fingerprint density at radius 2 is 1.00 bits per heavy atom. The van der Waals surface area contributed by atoms with Crippen LogP contribution in [0.5, 0.6) is 0 Å². The van der Waals surface area contributed by atoms with E-state index in [-0.39, 0.29) is 24.5 Å². The van der Waals surface area contributed by atoms with E-state index < -0.39 is 57.8 Å². The number of carbonyl (C=O) groups excluding carboxylic acids is 2. The van der Waals surface area contributed by atoms with Crippen LogP contribution in [-0.4, -0.2) is 80.6 Å². The second-order valence-electron chi connectivity index (χ2n) is 16.0. The maximum atomic E-state index is 12.9. The van der Waals surface area contributed by atoms with E-state index >= 15 is 0 Å². The van der Waals surface area contributed by atoms with Gasteiger partial charge in [0.2, 0.25) is 0 Å². The molecule has 4 atom stereocenters. The van der Waals surface area contributed by atoms with Crippen LogP contribution in [-0.2, 0) is 19.1 Å². The van der Waals surface area contributed by atoms with Crippen molar-refractivity contribution >= 4 is 11.9 Å². The lowest BCUT2D eigenvalue weighted by Crippen LogP contribution is -2.64. The van der Waals surface area contributed by atoms with E-state index in [1.54, 1.807) is 0 Å². The van der Waals surface area contributed by atoms with Gasteiger partial charge in [-0.25, -0.2) is 9.18 Å². The van der Waals surface area contributed by atoms with Crippen LogP contribution >= 0.6 is 0 Å². The minimum absolute atomic E-state index is 0.142. The van der Waals surface area contributed by atoms with Crippen molar-refractivity contribution in [3.63, 3.8) is 0 Å². The van der Waals surface area contributed by atoms with Crippen molar-refractivity contribution in [3.8, 4) is 0 Å². The highest BCUT2D eigenvalue weighted by molar-refractivity contribution is 5.77. The molecule has 4 unspecified atom stereocenters. The largest absolute Gasteiger partial charge is 0.465 e. The van der Waals surface area contributed by atoms with Crippen LogP contribution < -0.4 is 0 Å². The van der Waals surface area contributed by atoms with Crippen LogP contribution in [0.1, 0.15) is 97.8 Å². The number of aliphatic hydroxyl groups is 4. The fourth-order valence-corrected chi connectivity index (χ4v) is 10.2. The third-order valence-corrected chi connectivity index (χ3v) is 10.5. The van der Waals surface area contributed by atoms with Crippen molar-refractivity contribution in [1.82, 2.24) is 0 Å². The van der Waals surface area contributed by atoms with Gasteiger partial charge in [0, 0.05) is 30.6 Å². The lowest BCUT2D eigenvalue weighted by atomic mass is 9.46. The topological polar surface area (TPSA) is 134 Å². The van der Waals surface area contributed by atoms with Gasteiger partial charge in [-0.2, -0.15) is 8.78 Å². The van der Waals surface area contributed by atoms with Gasteiger partial charge in [-0.05, 0) is 89.9 Å². The molecule has 234 valence electrons. The number of ether oxygens (including phenoxy) is 2. The Bertz CT molecular complexity index is 1040. The van der Waals surface area contributed by atoms with Crippen molar-refractivity contribution in [2.75, 3.05) is 19.9 Å². The predicted molar refractivity (Wildman–Crippen MR) is 139 cm³/mol. The predicted octanol–water partition coefficient (Wildman–Crippen LogP) is 3.60. The zero-order valence-corrected chi connectivity index (χ0v) is 24.3. The standard InChI is InChI=1S/C16H25FO4.C14H20F2O4/c1-13(2,9-17)12(18)21-10-14-3-11-4-15(19,6-14)8-16(20,5-11)7-14;1-11(15,16)10(17)20-8-12-2-9-3-13(18,5-12)7-14(19,4-9)6-12/h11,19-20H,3-10H2,1-2H3;9,18-19H,2-8H2,1H3. The van der Waals surface area contributed by atoms with Crippen LogP contribution in [0.3, 0.4) is 0 Å². The quantitative estimate of drug-likeness (QED) is 0.331. The first-order valence-electron chi connectivity index (χ1n) is 14.8. The molecule has 0 saturated heterocycles. The Hall–Kier alpha value is -1.43. The number of hydrogen-bond acceptors (Lipinski definition) is 8. The van der Waals surface area contributed by atoms with E-state index in [1.165, 1.54) is 13.8 Å². The molecule has 0 aromatic rings. The summed E-state index contributed by atoms with van der Waals surface area (Å²) in [6.45, 7) is 2.84. The first kappa shape index (κ1) is 31.0. The lowest BCUT2D eigenvalue weighted by Gasteiger charge is -2.63. The summed E-state index contributed by atoms with van der Waals surface area (Å²) in [5, 5.41) is 42.3. The Labute approximate surface area is 239 Å². The average molecular weight is 591 g/mol. The second kappa shape index (κ2) is 9.53. The second-order valence-corrected chi connectivity index (χ2v) is 16.0. The van der Waals surface area contributed by atoms with Crippen LogP contribution in [0.25, 0.3) is 0 Å². The highest BCUT2D eigenvalue weighted by Gasteiger charge is 2.64. The molecule has 41 heavy (non-hydrogen) atoms. The Morgan fingerprint density at radius 1 is 0.659 bits per heavy atom. The zero-order chi connectivity index (χ0) is 30.3. The minimum atomic E-state index is -3.50. The summed E-state index contributed by atoms with van der Waals surface area (Å²) in [5.41, 5.74) is -5.54. The summed E-state index contributed by atoms with van der Waals surface area (Å²) in [5.74, 6) is -5.10. The molecule has 0 aliphatic heterocycles. The SMILES string of the molecule is CC(C)(CF)C(=O)OCC12CC3CC(O)(CC(O)(C3)C1)C2.CC(F)(F)C(=O)OCC12CC3CC(O)(CC(O)(C3)C1)C2. The molecular formula is C30H45F3O8. The normalized spacial score (nSPS) is 45.7. The van der Waals surface area contributed by atoms with Gasteiger partial charge in [-0.3, -0.25) is 4.79 Å². The van der Waals surface area contributed by atoms with Gasteiger partial charge in [0.05, 0.1) is 41.0 Å². The van der Waals surface area contributed by atoms with E-state index in [1.807, 2.05) is 0 Å². The Kier molecular flexibility index (Phi) is 7.21. The van der Waals surface area contributed by atoms with Gasteiger partial charge in [-0.15, -0.1) is 0 Å². The number of alkyl halides is 3. The maximum absolute atomic E-state index is 12.9. The van der Waals surface area contributed by atoms with Gasteiger partial charge < -0.3 is 29.9 Å². The number of carbonyl (C=O) groups is 2. The molecule has 8 aliphatic rings. The van der Waals surface area contributed by atoms with Gasteiger partial charge >= 0.3 is 17.9 Å². The summed E-state index contributed by atoms with van der Waals surface area (Å²) in [4.78, 5) is 23.2. The molecular weight excluding hydrogens is 545 g/mol. The van der Waals surface area contributed by atoms with Gasteiger partial charge in [0.1, 0.15) is 6.67 Å².